The zero-order valence-corrected chi connectivity index (χ0v) is 8.36. The van der Waals surface area contributed by atoms with Gasteiger partial charge in [0.25, 0.3) is 0 Å². The van der Waals surface area contributed by atoms with Crippen molar-refractivity contribution in [3.8, 4) is 0 Å². The summed E-state index contributed by atoms with van der Waals surface area (Å²) < 4.78 is 37.3. The van der Waals surface area contributed by atoms with Gasteiger partial charge < -0.3 is 5.32 Å². The molecule has 0 radical (unpaired) electrons. The van der Waals surface area contributed by atoms with Gasteiger partial charge in [-0.05, 0) is 36.7 Å². The smallest absolute Gasteiger partial charge is 0.319 e. The highest BCUT2D eigenvalue weighted by Gasteiger charge is 2.34. The fourth-order valence-corrected chi connectivity index (χ4v) is 2.01. The predicted molar refractivity (Wildman–Crippen MR) is 51.8 cm³/mol. The number of benzene rings is 1. The first kappa shape index (κ1) is 10.5. The summed E-state index contributed by atoms with van der Waals surface area (Å²) >= 11 is 0. The summed E-state index contributed by atoms with van der Waals surface area (Å²) in [6.07, 6.45) is -3.34. The van der Waals surface area contributed by atoms with E-state index in [1.807, 2.05) is 7.05 Å². The molecule has 0 spiro atoms. The Bertz CT molecular complexity index is 371. The van der Waals surface area contributed by atoms with E-state index >= 15 is 0 Å². The Morgan fingerprint density at radius 1 is 1.40 bits per heavy atom. The van der Waals surface area contributed by atoms with Crippen LogP contribution in [0.1, 0.15) is 22.6 Å². The lowest BCUT2D eigenvalue weighted by molar-refractivity contribution is -0.137. The van der Waals surface area contributed by atoms with Crippen molar-refractivity contribution < 1.29 is 13.2 Å². The van der Waals surface area contributed by atoms with Gasteiger partial charge in [-0.1, -0.05) is 6.07 Å². The topological polar surface area (TPSA) is 12.0 Å². The van der Waals surface area contributed by atoms with Gasteiger partial charge >= 0.3 is 6.18 Å². The molecule has 0 fully saturated rings. The highest BCUT2D eigenvalue weighted by Crippen LogP contribution is 2.39. The Morgan fingerprint density at radius 2 is 2.13 bits per heavy atom. The molecule has 0 amide bonds. The lowest BCUT2D eigenvalue weighted by Crippen LogP contribution is -2.27. The van der Waals surface area contributed by atoms with Crippen molar-refractivity contribution in [2.24, 2.45) is 0 Å². The van der Waals surface area contributed by atoms with Crippen LogP contribution in [0.3, 0.4) is 0 Å². The molecular weight excluding hydrogens is 203 g/mol. The van der Waals surface area contributed by atoms with Gasteiger partial charge in [0.15, 0.2) is 0 Å². The van der Waals surface area contributed by atoms with Crippen LogP contribution in [0.15, 0.2) is 18.2 Å². The standard InChI is InChI=1S/C11H12F3N/c1-15-6-8-4-7-2-3-9(5-10(7)8)11(12,13)14/h2-3,5,8,15H,4,6H2,1H3. The van der Waals surface area contributed by atoms with E-state index in [-0.39, 0.29) is 5.92 Å². The molecule has 0 aliphatic heterocycles. The quantitative estimate of drug-likeness (QED) is 0.799. The van der Waals surface area contributed by atoms with Gasteiger partial charge in [-0.3, -0.25) is 0 Å². The first-order chi connectivity index (χ1) is 7.02. The lowest BCUT2D eigenvalue weighted by Gasteiger charge is -2.30. The van der Waals surface area contributed by atoms with Crippen LogP contribution < -0.4 is 5.32 Å². The van der Waals surface area contributed by atoms with E-state index in [1.165, 1.54) is 6.07 Å². The number of alkyl halides is 3. The minimum absolute atomic E-state index is 0.243. The van der Waals surface area contributed by atoms with Crippen LogP contribution in [-0.2, 0) is 12.6 Å². The average Bonchev–Trinajstić information content (AvgIpc) is 2.12. The number of likely N-dealkylation sites (N-methyl/N-ethyl adjacent to an activating group) is 1. The molecule has 1 aliphatic rings. The van der Waals surface area contributed by atoms with Gasteiger partial charge in [-0.2, -0.15) is 13.2 Å². The molecule has 1 N–H and O–H groups in total. The van der Waals surface area contributed by atoms with E-state index < -0.39 is 11.7 Å². The third-order valence-corrected chi connectivity index (χ3v) is 2.83. The van der Waals surface area contributed by atoms with E-state index in [4.69, 9.17) is 0 Å². The molecule has 15 heavy (non-hydrogen) atoms. The number of hydrogen-bond donors (Lipinski definition) is 1. The molecule has 4 heteroatoms. The monoisotopic (exact) mass is 215 g/mol. The molecule has 2 rings (SSSR count). The zero-order valence-electron chi connectivity index (χ0n) is 8.36. The fraction of sp³-hybridized carbons (Fsp3) is 0.455. The third kappa shape index (κ3) is 1.86. The molecule has 1 aromatic carbocycles. The van der Waals surface area contributed by atoms with Crippen LogP contribution in [0.4, 0.5) is 13.2 Å². The van der Waals surface area contributed by atoms with E-state index in [9.17, 15) is 13.2 Å². The van der Waals surface area contributed by atoms with Crippen LogP contribution in [0, 0.1) is 0 Å². The first-order valence-corrected chi connectivity index (χ1v) is 4.87. The zero-order chi connectivity index (χ0) is 11.1. The van der Waals surface area contributed by atoms with Gasteiger partial charge in [0, 0.05) is 12.5 Å². The largest absolute Gasteiger partial charge is 0.416 e. The van der Waals surface area contributed by atoms with Crippen LogP contribution in [0.5, 0.6) is 0 Å². The lowest BCUT2D eigenvalue weighted by atomic mass is 9.77. The summed E-state index contributed by atoms with van der Waals surface area (Å²) in [7, 11) is 1.81. The third-order valence-electron chi connectivity index (χ3n) is 2.83. The Balaban J connectivity index is 2.26. The first-order valence-electron chi connectivity index (χ1n) is 4.87. The van der Waals surface area contributed by atoms with Crippen molar-refractivity contribution in [2.45, 2.75) is 18.5 Å². The van der Waals surface area contributed by atoms with E-state index in [0.717, 1.165) is 30.2 Å². The van der Waals surface area contributed by atoms with Crippen LogP contribution >= 0.6 is 0 Å². The van der Waals surface area contributed by atoms with Gasteiger partial charge in [-0.15, -0.1) is 0 Å². The summed E-state index contributed by atoms with van der Waals surface area (Å²) in [6.45, 7) is 0.744. The van der Waals surface area contributed by atoms with Crippen LogP contribution in [0.25, 0.3) is 0 Å². The molecule has 1 nitrogen and oxygen atoms in total. The Morgan fingerprint density at radius 3 is 2.73 bits per heavy atom. The number of nitrogens with one attached hydrogen (secondary N) is 1. The molecule has 1 aliphatic carbocycles. The molecule has 0 aromatic heterocycles. The molecule has 0 heterocycles. The molecule has 1 unspecified atom stereocenters. The van der Waals surface area contributed by atoms with Crippen molar-refractivity contribution in [3.63, 3.8) is 0 Å². The van der Waals surface area contributed by atoms with Gasteiger partial charge in [-0.25, -0.2) is 0 Å². The molecular formula is C11H12F3N. The number of rotatable bonds is 2. The Labute approximate surface area is 86.3 Å². The normalized spacial score (nSPS) is 19.6. The maximum atomic E-state index is 12.4. The van der Waals surface area contributed by atoms with E-state index in [0.29, 0.717) is 0 Å². The summed E-state index contributed by atoms with van der Waals surface area (Å²) in [6, 6.07) is 4.03. The minimum atomic E-state index is -4.23. The maximum absolute atomic E-state index is 12.4. The highest BCUT2D eigenvalue weighted by atomic mass is 19.4. The summed E-state index contributed by atoms with van der Waals surface area (Å²) in [4.78, 5) is 0. The number of halogens is 3. The summed E-state index contributed by atoms with van der Waals surface area (Å²) in [5.41, 5.74) is 1.35. The maximum Gasteiger partial charge on any atom is 0.416 e. The SMILES string of the molecule is CNCC1Cc2ccc(C(F)(F)F)cc21. The second-order valence-corrected chi connectivity index (χ2v) is 3.87. The Hall–Kier alpha value is -1.03. The second kappa shape index (κ2) is 3.52. The molecule has 0 saturated carbocycles. The highest BCUT2D eigenvalue weighted by molar-refractivity contribution is 5.43. The van der Waals surface area contributed by atoms with Crippen LogP contribution in [0.2, 0.25) is 0 Å². The molecule has 1 aromatic rings. The van der Waals surface area contributed by atoms with Crippen molar-refractivity contribution in [3.05, 3.63) is 34.9 Å². The van der Waals surface area contributed by atoms with E-state index in [1.54, 1.807) is 6.07 Å². The van der Waals surface area contributed by atoms with Crippen LogP contribution in [-0.4, -0.2) is 13.6 Å². The van der Waals surface area contributed by atoms with Gasteiger partial charge in [0.2, 0.25) is 0 Å². The van der Waals surface area contributed by atoms with Gasteiger partial charge in [0.1, 0.15) is 0 Å². The molecule has 0 bridgehead atoms. The molecule has 82 valence electrons. The predicted octanol–water partition coefficient (Wildman–Crippen LogP) is 2.56. The second-order valence-electron chi connectivity index (χ2n) is 3.87. The fourth-order valence-electron chi connectivity index (χ4n) is 2.01. The average molecular weight is 215 g/mol. The molecule has 1 atom stereocenters. The minimum Gasteiger partial charge on any atom is -0.319 e. The van der Waals surface area contributed by atoms with Gasteiger partial charge in [0.05, 0.1) is 5.56 Å². The van der Waals surface area contributed by atoms with Crippen molar-refractivity contribution in [2.75, 3.05) is 13.6 Å². The summed E-state index contributed by atoms with van der Waals surface area (Å²) in [5, 5.41) is 2.99. The molecule has 0 saturated heterocycles. The van der Waals surface area contributed by atoms with E-state index in [2.05, 4.69) is 5.32 Å². The van der Waals surface area contributed by atoms with Crippen molar-refractivity contribution in [1.29, 1.82) is 0 Å². The number of fused-ring (bicyclic) bond motifs is 1. The van der Waals surface area contributed by atoms with Crippen molar-refractivity contribution >= 4 is 0 Å². The summed E-state index contributed by atoms with van der Waals surface area (Å²) in [5.74, 6) is 0.243. The van der Waals surface area contributed by atoms with Crippen molar-refractivity contribution in [1.82, 2.24) is 5.32 Å². The Kier molecular flexibility index (Phi) is 2.46. The number of hydrogen-bond acceptors (Lipinski definition) is 1.